The van der Waals surface area contributed by atoms with Crippen LogP contribution < -0.4 is 33.1 Å². The van der Waals surface area contributed by atoms with Crippen LogP contribution in [0, 0.1) is 7.14 Å². The van der Waals surface area contributed by atoms with E-state index in [0.29, 0.717) is 12.1 Å². The molecule has 5 heteroatoms. The van der Waals surface area contributed by atoms with E-state index in [4.69, 9.17) is 0 Å². The fourth-order valence-electron chi connectivity index (χ4n) is 2.25. The van der Waals surface area contributed by atoms with Crippen molar-refractivity contribution < 1.29 is 33.1 Å². The Balaban J connectivity index is 0.00000220. The summed E-state index contributed by atoms with van der Waals surface area (Å²) in [6.45, 7) is 4.59. The van der Waals surface area contributed by atoms with Crippen molar-refractivity contribution in [3.63, 3.8) is 0 Å². The van der Waals surface area contributed by atoms with Gasteiger partial charge in [-0.1, -0.05) is 0 Å². The van der Waals surface area contributed by atoms with Crippen molar-refractivity contribution in [1.29, 1.82) is 0 Å². The van der Waals surface area contributed by atoms with Gasteiger partial charge in [-0.25, -0.2) is 9.13 Å². The summed E-state index contributed by atoms with van der Waals surface area (Å²) in [6, 6.07) is 9.58. The molecule has 0 aliphatic carbocycles. The van der Waals surface area contributed by atoms with Gasteiger partial charge < -0.3 is 24.0 Å². The number of aromatic nitrogens is 2. The lowest BCUT2D eigenvalue weighted by Gasteiger charge is -2.10. The molecule has 21 heavy (non-hydrogen) atoms. The van der Waals surface area contributed by atoms with Gasteiger partial charge in [-0.15, -0.1) is 0 Å². The van der Waals surface area contributed by atoms with Crippen molar-refractivity contribution in [3.8, 4) is 0 Å². The molecule has 2 aromatic rings. The van der Waals surface area contributed by atoms with E-state index in [9.17, 15) is 0 Å². The van der Waals surface area contributed by atoms with Crippen LogP contribution in [0.3, 0.4) is 0 Å². The molecule has 0 bridgehead atoms. The first-order valence-electron chi connectivity index (χ1n) is 6.89. The number of halogens is 3. The third-order valence-electron chi connectivity index (χ3n) is 3.59. The standard InChI is InChI=1S/C16H20I2N2.HI/c1-13(19-9-3-5-15(17)11-19)7-8-14(2)20-10-4-6-16(18)12-20;/h3-6,9-14H,7-8H2,1-2H3;1H/q+2;/p-1. The van der Waals surface area contributed by atoms with Crippen molar-refractivity contribution >= 4 is 45.2 Å². The Kier molecular flexibility index (Phi) is 8.92. The molecule has 0 aliphatic heterocycles. The van der Waals surface area contributed by atoms with Gasteiger partial charge in [-0.05, 0) is 71.2 Å². The van der Waals surface area contributed by atoms with Crippen LogP contribution in [0.1, 0.15) is 38.8 Å². The number of nitrogens with zero attached hydrogens (tertiary/aromatic N) is 2. The monoisotopic (exact) mass is 621 g/mol. The van der Waals surface area contributed by atoms with E-state index in [0.717, 1.165) is 0 Å². The lowest BCUT2D eigenvalue weighted by Crippen LogP contribution is -3.00. The summed E-state index contributed by atoms with van der Waals surface area (Å²) in [4.78, 5) is 0. The summed E-state index contributed by atoms with van der Waals surface area (Å²) in [5.41, 5.74) is 0. The van der Waals surface area contributed by atoms with Crippen LogP contribution >= 0.6 is 45.2 Å². The fraction of sp³-hybridized carbons (Fsp3) is 0.375. The van der Waals surface area contributed by atoms with Gasteiger partial charge in [0.2, 0.25) is 0 Å². The third kappa shape index (κ3) is 6.25. The van der Waals surface area contributed by atoms with Gasteiger partial charge in [0.25, 0.3) is 0 Å². The minimum Gasteiger partial charge on any atom is -1.00 e. The fourth-order valence-corrected chi connectivity index (χ4v) is 3.31. The maximum atomic E-state index is 2.37. The first-order valence-corrected chi connectivity index (χ1v) is 9.04. The second kappa shape index (κ2) is 9.59. The van der Waals surface area contributed by atoms with Gasteiger partial charge in [-0.2, -0.15) is 0 Å². The van der Waals surface area contributed by atoms with Crippen LogP contribution in [0.25, 0.3) is 0 Å². The first kappa shape index (κ1) is 19.5. The quantitative estimate of drug-likeness (QED) is 0.349. The molecule has 2 heterocycles. The van der Waals surface area contributed by atoms with E-state index in [1.54, 1.807) is 0 Å². The Labute approximate surface area is 171 Å². The molecule has 2 atom stereocenters. The largest absolute Gasteiger partial charge is 1.00 e. The van der Waals surface area contributed by atoms with Crippen molar-refractivity contribution in [2.75, 3.05) is 0 Å². The zero-order valence-corrected chi connectivity index (χ0v) is 18.7. The van der Waals surface area contributed by atoms with Crippen LogP contribution in [-0.2, 0) is 0 Å². The predicted molar refractivity (Wildman–Crippen MR) is 97.4 cm³/mol. The minimum absolute atomic E-state index is 0. The highest BCUT2D eigenvalue weighted by Crippen LogP contribution is 2.13. The van der Waals surface area contributed by atoms with E-state index in [1.807, 2.05) is 0 Å². The SMILES string of the molecule is CC(CCC(C)[n+]1cccc(I)c1)[n+]1cccc(I)c1.[I-]. The first-order chi connectivity index (χ1) is 9.56. The van der Waals surface area contributed by atoms with Crippen LogP contribution in [0.15, 0.2) is 49.1 Å². The average molecular weight is 621 g/mol. The van der Waals surface area contributed by atoms with Crippen LogP contribution in [-0.4, -0.2) is 0 Å². The Morgan fingerprint density at radius 3 is 1.57 bits per heavy atom. The highest BCUT2D eigenvalue weighted by molar-refractivity contribution is 14.1. The van der Waals surface area contributed by atoms with Gasteiger partial charge >= 0.3 is 0 Å². The van der Waals surface area contributed by atoms with E-state index < -0.39 is 0 Å². The number of pyridine rings is 2. The van der Waals surface area contributed by atoms with Gasteiger partial charge in [0.1, 0.15) is 0 Å². The smallest absolute Gasteiger partial charge is 0.182 e. The van der Waals surface area contributed by atoms with Gasteiger partial charge in [-0.3, -0.25) is 0 Å². The van der Waals surface area contributed by atoms with Crippen molar-refractivity contribution in [2.45, 2.75) is 38.8 Å². The molecule has 2 rings (SSSR count). The maximum Gasteiger partial charge on any atom is 0.182 e. The van der Waals surface area contributed by atoms with Gasteiger partial charge in [0, 0.05) is 25.0 Å². The number of rotatable bonds is 5. The molecule has 0 saturated heterocycles. The van der Waals surface area contributed by atoms with E-state index in [2.05, 4.69) is 117 Å². The topological polar surface area (TPSA) is 7.76 Å². The van der Waals surface area contributed by atoms with E-state index in [1.165, 1.54) is 20.0 Å². The molecule has 0 saturated carbocycles. The molecule has 0 aliphatic rings. The average Bonchev–Trinajstić information content (AvgIpc) is 2.44. The molecule has 0 amide bonds. The van der Waals surface area contributed by atoms with Crippen LogP contribution in [0.5, 0.6) is 0 Å². The maximum absolute atomic E-state index is 2.37. The summed E-state index contributed by atoms with van der Waals surface area (Å²) in [5.74, 6) is 0. The molecule has 2 aromatic heterocycles. The van der Waals surface area contributed by atoms with Gasteiger partial charge in [0.15, 0.2) is 36.9 Å². The summed E-state index contributed by atoms with van der Waals surface area (Å²) < 4.78 is 7.20. The molecule has 114 valence electrons. The molecule has 0 N–H and O–H groups in total. The van der Waals surface area contributed by atoms with Crippen LogP contribution in [0.4, 0.5) is 0 Å². The molecule has 0 aromatic carbocycles. The second-order valence-electron chi connectivity index (χ2n) is 5.21. The molecule has 0 fully saturated rings. The molecule has 0 spiro atoms. The van der Waals surface area contributed by atoms with E-state index >= 15 is 0 Å². The minimum atomic E-state index is 0. The van der Waals surface area contributed by atoms with Gasteiger partial charge in [0.05, 0.1) is 7.14 Å². The second-order valence-corrected chi connectivity index (χ2v) is 7.71. The highest BCUT2D eigenvalue weighted by atomic mass is 127. The molecular formula is C16H20I3N2+. The van der Waals surface area contributed by atoms with Crippen molar-refractivity contribution in [1.82, 2.24) is 0 Å². The Bertz CT molecular complexity index is 523. The zero-order chi connectivity index (χ0) is 14.5. The lowest BCUT2D eigenvalue weighted by molar-refractivity contribution is -0.732. The Morgan fingerprint density at radius 2 is 1.24 bits per heavy atom. The Morgan fingerprint density at radius 1 is 0.857 bits per heavy atom. The predicted octanol–water partition coefficient (Wildman–Crippen LogP) is 1.08. The highest BCUT2D eigenvalue weighted by Gasteiger charge is 2.18. The van der Waals surface area contributed by atoms with Crippen LogP contribution in [0.2, 0.25) is 0 Å². The third-order valence-corrected chi connectivity index (χ3v) is 4.87. The Hall–Kier alpha value is 0.490. The summed E-state index contributed by atoms with van der Waals surface area (Å²) >= 11 is 4.74. The zero-order valence-electron chi connectivity index (χ0n) is 12.2. The lowest BCUT2D eigenvalue weighted by atomic mass is 10.1. The summed E-state index contributed by atoms with van der Waals surface area (Å²) in [7, 11) is 0. The van der Waals surface area contributed by atoms with E-state index in [-0.39, 0.29) is 24.0 Å². The normalized spacial score (nSPS) is 13.3. The molecule has 0 radical (unpaired) electrons. The molecular weight excluding hydrogens is 601 g/mol. The van der Waals surface area contributed by atoms with Crippen molar-refractivity contribution in [3.05, 3.63) is 56.2 Å². The van der Waals surface area contributed by atoms with Crippen molar-refractivity contribution in [2.24, 2.45) is 0 Å². The summed E-state index contributed by atoms with van der Waals surface area (Å²) in [5, 5.41) is 0. The summed E-state index contributed by atoms with van der Waals surface area (Å²) in [6.07, 6.45) is 11.1. The number of hydrogen-bond acceptors (Lipinski definition) is 0. The number of hydrogen-bond donors (Lipinski definition) is 0. The molecule has 2 unspecified atom stereocenters. The molecule has 2 nitrogen and oxygen atoms in total.